The maximum absolute atomic E-state index is 12.2. The van der Waals surface area contributed by atoms with Crippen molar-refractivity contribution in [1.29, 1.82) is 0 Å². The van der Waals surface area contributed by atoms with E-state index in [2.05, 4.69) is 0 Å². The molecule has 1 rings (SSSR count). The molecule has 3 N–H and O–H groups in total. The summed E-state index contributed by atoms with van der Waals surface area (Å²) < 4.78 is 23.1. The Morgan fingerprint density at radius 1 is 1.42 bits per heavy atom. The molecule has 3 unspecified atom stereocenters. The molecule has 3 atom stereocenters. The number of sulfone groups is 1. The number of aliphatic carboxylic acids is 1. The third-order valence-corrected chi connectivity index (χ3v) is 5.10. The first-order valence-corrected chi connectivity index (χ1v) is 7.94. The van der Waals surface area contributed by atoms with Gasteiger partial charge >= 0.3 is 5.97 Å². The van der Waals surface area contributed by atoms with E-state index in [0.717, 1.165) is 0 Å². The Balaban J connectivity index is 2.90. The highest BCUT2D eigenvalue weighted by atomic mass is 32.2. The number of nitrogens with zero attached hydrogens (tertiary/aromatic N) is 1. The highest BCUT2D eigenvalue weighted by Gasteiger charge is 2.37. The molecule has 1 aliphatic rings. The lowest BCUT2D eigenvalue weighted by molar-refractivity contribution is -0.142. The number of hydrogen-bond acceptors (Lipinski definition) is 5. The number of nitrogens with two attached hydrogens (primary N) is 1. The van der Waals surface area contributed by atoms with Gasteiger partial charge in [0.15, 0.2) is 9.84 Å². The van der Waals surface area contributed by atoms with E-state index in [1.54, 1.807) is 13.8 Å². The average molecular weight is 292 g/mol. The predicted octanol–water partition coefficient (Wildman–Crippen LogP) is -0.930. The monoisotopic (exact) mass is 292 g/mol. The van der Waals surface area contributed by atoms with Crippen molar-refractivity contribution in [2.45, 2.75) is 32.4 Å². The van der Waals surface area contributed by atoms with Crippen molar-refractivity contribution >= 4 is 21.7 Å². The van der Waals surface area contributed by atoms with E-state index < -0.39 is 27.8 Å². The van der Waals surface area contributed by atoms with Gasteiger partial charge in [0, 0.05) is 12.6 Å². The molecule has 110 valence electrons. The molecule has 1 saturated heterocycles. The zero-order chi connectivity index (χ0) is 14.8. The van der Waals surface area contributed by atoms with E-state index >= 15 is 0 Å². The molecule has 0 aliphatic carbocycles. The molecule has 1 amide bonds. The SMILES string of the molecule is CC(N)C(C)C(=O)N1CCS(=O)(=O)CC1CC(=O)O. The summed E-state index contributed by atoms with van der Waals surface area (Å²) in [5, 5.41) is 8.83. The van der Waals surface area contributed by atoms with Gasteiger partial charge in [0.25, 0.3) is 0 Å². The molecule has 1 aliphatic heterocycles. The van der Waals surface area contributed by atoms with Crippen LogP contribution in [0.1, 0.15) is 20.3 Å². The fourth-order valence-electron chi connectivity index (χ4n) is 2.03. The van der Waals surface area contributed by atoms with Crippen molar-refractivity contribution in [2.75, 3.05) is 18.1 Å². The molecular weight excluding hydrogens is 272 g/mol. The number of carbonyl (C=O) groups excluding carboxylic acids is 1. The second-order valence-electron chi connectivity index (χ2n) is 5.05. The van der Waals surface area contributed by atoms with Crippen LogP contribution in [-0.4, -0.2) is 60.4 Å². The second-order valence-corrected chi connectivity index (χ2v) is 7.27. The Morgan fingerprint density at radius 3 is 2.47 bits per heavy atom. The smallest absolute Gasteiger partial charge is 0.305 e. The van der Waals surface area contributed by atoms with Crippen LogP contribution in [0.25, 0.3) is 0 Å². The van der Waals surface area contributed by atoms with Gasteiger partial charge in [0.05, 0.1) is 29.9 Å². The molecule has 1 heterocycles. The minimum absolute atomic E-state index is 0.0379. The van der Waals surface area contributed by atoms with Crippen LogP contribution in [0.15, 0.2) is 0 Å². The Morgan fingerprint density at radius 2 is 2.00 bits per heavy atom. The summed E-state index contributed by atoms with van der Waals surface area (Å²) in [6, 6.07) is -1.17. The van der Waals surface area contributed by atoms with Crippen LogP contribution in [0.4, 0.5) is 0 Å². The van der Waals surface area contributed by atoms with Crippen molar-refractivity contribution in [3.8, 4) is 0 Å². The third kappa shape index (κ3) is 4.17. The highest BCUT2D eigenvalue weighted by molar-refractivity contribution is 7.91. The lowest BCUT2D eigenvalue weighted by Gasteiger charge is -2.37. The minimum Gasteiger partial charge on any atom is -0.481 e. The summed E-state index contributed by atoms with van der Waals surface area (Å²) in [4.78, 5) is 24.3. The zero-order valence-electron chi connectivity index (χ0n) is 11.1. The van der Waals surface area contributed by atoms with Gasteiger partial charge in [0.2, 0.25) is 5.91 Å². The topological polar surface area (TPSA) is 118 Å². The number of amides is 1. The molecule has 7 nitrogen and oxygen atoms in total. The first-order valence-electron chi connectivity index (χ1n) is 6.12. The van der Waals surface area contributed by atoms with Crippen molar-refractivity contribution < 1.29 is 23.1 Å². The number of carboxylic acid groups (broad SMARTS) is 1. The Bertz CT molecular complexity index is 460. The highest BCUT2D eigenvalue weighted by Crippen LogP contribution is 2.18. The van der Waals surface area contributed by atoms with Crippen LogP contribution in [0.3, 0.4) is 0 Å². The maximum Gasteiger partial charge on any atom is 0.305 e. The van der Waals surface area contributed by atoms with Gasteiger partial charge in [-0.1, -0.05) is 6.92 Å². The number of carboxylic acids is 1. The molecule has 8 heteroatoms. The Kier molecular flexibility index (Phi) is 4.92. The first kappa shape index (κ1) is 15.9. The predicted molar refractivity (Wildman–Crippen MR) is 69.2 cm³/mol. The molecular formula is C11H20N2O5S. The summed E-state index contributed by atoms with van der Waals surface area (Å²) in [5.74, 6) is -2.28. The van der Waals surface area contributed by atoms with Crippen LogP contribution < -0.4 is 5.73 Å². The van der Waals surface area contributed by atoms with Crippen molar-refractivity contribution in [1.82, 2.24) is 4.90 Å². The van der Waals surface area contributed by atoms with Gasteiger partial charge in [-0.05, 0) is 6.92 Å². The van der Waals surface area contributed by atoms with Gasteiger partial charge in [-0.25, -0.2) is 8.42 Å². The van der Waals surface area contributed by atoms with E-state index in [9.17, 15) is 18.0 Å². The largest absolute Gasteiger partial charge is 0.481 e. The maximum atomic E-state index is 12.2. The quantitative estimate of drug-likeness (QED) is 0.691. The van der Waals surface area contributed by atoms with E-state index in [-0.39, 0.29) is 36.4 Å². The first-order chi connectivity index (χ1) is 8.64. The average Bonchev–Trinajstić information content (AvgIpc) is 2.25. The molecule has 0 saturated carbocycles. The van der Waals surface area contributed by atoms with Gasteiger partial charge in [-0.3, -0.25) is 9.59 Å². The molecule has 0 aromatic heterocycles. The van der Waals surface area contributed by atoms with Crippen LogP contribution in [0, 0.1) is 5.92 Å². The number of hydrogen-bond donors (Lipinski definition) is 2. The van der Waals surface area contributed by atoms with Crippen LogP contribution in [-0.2, 0) is 19.4 Å². The number of rotatable bonds is 4. The Hall–Kier alpha value is -1.15. The molecule has 0 aromatic rings. The fraction of sp³-hybridized carbons (Fsp3) is 0.818. The van der Waals surface area contributed by atoms with E-state index in [1.165, 1.54) is 4.90 Å². The molecule has 0 bridgehead atoms. The summed E-state index contributed by atoms with van der Waals surface area (Å²) in [5.41, 5.74) is 5.66. The molecule has 0 radical (unpaired) electrons. The van der Waals surface area contributed by atoms with Crippen LogP contribution in [0.2, 0.25) is 0 Å². The third-order valence-electron chi connectivity index (χ3n) is 3.40. The zero-order valence-corrected chi connectivity index (χ0v) is 11.9. The van der Waals surface area contributed by atoms with E-state index in [4.69, 9.17) is 10.8 Å². The summed E-state index contributed by atoms with van der Waals surface area (Å²) in [6.45, 7) is 3.39. The minimum atomic E-state index is -3.28. The van der Waals surface area contributed by atoms with Gasteiger partial charge in [0.1, 0.15) is 0 Å². The standard InChI is InChI=1S/C11H20N2O5S/c1-7(8(2)12)11(16)13-3-4-19(17,18)6-9(13)5-10(14)15/h7-9H,3-6,12H2,1-2H3,(H,14,15). The van der Waals surface area contributed by atoms with Crippen LogP contribution in [0.5, 0.6) is 0 Å². The van der Waals surface area contributed by atoms with Crippen LogP contribution >= 0.6 is 0 Å². The fourth-order valence-corrected chi connectivity index (χ4v) is 3.56. The second kappa shape index (κ2) is 5.87. The molecule has 1 fully saturated rings. The summed E-state index contributed by atoms with van der Waals surface area (Å²) >= 11 is 0. The lowest BCUT2D eigenvalue weighted by atomic mass is 10.0. The normalized spacial score (nSPS) is 25.6. The summed E-state index contributed by atoms with van der Waals surface area (Å²) in [6.07, 6.45) is -0.364. The lowest BCUT2D eigenvalue weighted by Crippen LogP contribution is -2.54. The van der Waals surface area contributed by atoms with Crippen molar-refractivity contribution in [3.63, 3.8) is 0 Å². The molecule has 0 aromatic carbocycles. The van der Waals surface area contributed by atoms with Crippen molar-refractivity contribution in [2.24, 2.45) is 11.7 Å². The van der Waals surface area contributed by atoms with Crippen molar-refractivity contribution in [3.05, 3.63) is 0 Å². The summed E-state index contributed by atoms with van der Waals surface area (Å²) in [7, 11) is -3.28. The van der Waals surface area contributed by atoms with Gasteiger partial charge < -0.3 is 15.7 Å². The van der Waals surface area contributed by atoms with Gasteiger partial charge in [-0.2, -0.15) is 0 Å². The molecule has 0 spiro atoms. The van der Waals surface area contributed by atoms with E-state index in [1.807, 2.05) is 0 Å². The number of carbonyl (C=O) groups is 2. The Labute approximate surface area is 112 Å². The van der Waals surface area contributed by atoms with Gasteiger partial charge in [-0.15, -0.1) is 0 Å². The molecule has 19 heavy (non-hydrogen) atoms. The van der Waals surface area contributed by atoms with E-state index in [0.29, 0.717) is 0 Å².